The minimum absolute atomic E-state index is 0.0217. The summed E-state index contributed by atoms with van der Waals surface area (Å²) in [6, 6.07) is 19.8. The van der Waals surface area contributed by atoms with Crippen molar-refractivity contribution in [2.24, 2.45) is 11.7 Å². The molecule has 5 aromatic rings. The number of imide groups is 1. The third-order valence-electron chi connectivity index (χ3n) is 15.4. The smallest absolute Gasteiger partial charge is 0.409 e. The minimum atomic E-state index is -1.11. The first kappa shape index (κ1) is 66.7. The van der Waals surface area contributed by atoms with Crippen molar-refractivity contribution in [1.29, 1.82) is 0 Å². The van der Waals surface area contributed by atoms with Crippen molar-refractivity contribution in [3.63, 3.8) is 0 Å². The molecule has 0 saturated carbocycles. The van der Waals surface area contributed by atoms with Gasteiger partial charge in [-0.25, -0.2) is 9.59 Å². The fourth-order valence-electron chi connectivity index (χ4n) is 10.5. The lowest BCUT2D eigenvalue weighted by molar-refractivity contribution is -0.137. The summed E-state index contributed by atoms with van der Waals surface area (Å²) in [5, 5.41) is 24.8. The van der Waals surface area contributed by atoms with Crippen LogP contribution in [0.4, 0.5) is 26.7 Å². The summed E-state index contributed by atoms with van der Waals surface area (Å²) in [4.78, 5) is 151. The molecular weight excluding hydrogens is 1230 g/mol. The van der Waals surface area contributed by atoms with Gasteiger partial charge in [0.25, 0.3) is 23.6 Å². The summed E-state index contributed by atoms with van der Waals surface area (Å²) in [5.41, 5.74) is 8.90. The van der Waals surface area contributed by atoms with E-state index in [1.807, 2.05) is 31.3 Å². The van der Waals surface area contributed by atoms with Gasteiger partial charge in [-0.2, -0.15) is 0 Å². The van der Waals surface area contributed by atoms with E-state index in [9.17, 15) is 52.7 Å². The maximum atomic E-state index is 14.5. The molecule has 1 aromatic heterocycles. The molecule has 8 rings (SSSR count). The number of piperazine rings is 1. The molecule has 3 aliphatic heterocycles. The molecule has 0 unspecified atom stereocenters. The molecule has 1 fully saturated rings. The maximum Gasteiger partial charge on any atom is 0.415 e. The van der Waals surface area contributed by atoms with Crippen LogP contribution in [-0.4, -0.2) is 195 Å². The van der Waals surface area contributed by atoms with Gasteiger partial charge in [-0.1, -0.05) is 54.0 Å². The van der Waals surface area contributed by atoms with Crippen molar-refractivity contribution < 1.29 is 62.2 Å². The van der Waals surface area contributed by atoms with Crippen LogP contribution in [0.5, 0.6) is 5.75 Å². The second kappa shape index (κ2) is 31.8. The molecule has 0 spiro atoms. The van der Waals surface area contributed by atoms with Gasteiger partial charge in [-0.15, -0.1) is 0 Å². The number of nitrogens with zero attached hydrogens (tertiary/aromatic N) is 4. The van der Waals surface area contributed by atoms with E-state index < -0.39 is 59.7 Å². The Balaban J connectivity index is 0.795. The molecular formula is C62H75BrN14O13. The molecule has 28 heteroatoms. The van der Waals surface area contributed by atoms with Crippen LogP contribution < -0.4 is 57.9 Å². The number of amides is 12. The van der Waals surface area contributed by atoms with Gasteiger partial charge in [0.1, 0.15) is 17.5 Å². The van der Waals surface area contributed by atoms with Crippen LogP contribution in [-0.2, 0) is 38.3 Å². The lowest BCUT2D eigenvalue weighted by atomic mass is 9.95. The highest BCUT2D eigenvalue weighted by atomic mass is 79.9. The van der Waals surface area contributed by atoms with E-state index in [0.717, 1.165) is 46.5 Å². The number of rotatable bonds is 29. The third-order valence-corrected chi connectivity index (χ3v) is 16.1. The van der Waals surface area contributed by atoms with Crippen LogP contribution in [0.25, 0.3) is 21.7 Å². The highest BCUT2D eigenvalue weighted by Gasteiger charge is 2.37. The highest BCUT2D eigenvalue weighted by molar-refractivity contribution is 9.09. The van der Waals surface area contributed by atoms with E-state index >= 15 is 0 Å². The molecule has 1 saturated heterocycles. The lowest BCUT2D eigenvalue weighted by Crippen LogP contribution is -2.55. The number of benzene rings is 4. The fourth-order valence-corrected chi connectivity index (χ4v) is 11.0. The van der Waals surface area contributed by atoms with Gasteiger partial charge in [0.15, 0.2) is 0 Å². The molecule has 0 bridgehead atoms. The number of aromatic amines is 1. The Morgan fingerprint density at radius 1 is 0.733 bits per heavy atom. The van der Waals surface area contributed by atoms with E-state index in [1.165, 1.54) is 24.3 Å². The van der Waals surface area contributed by atoms with Gasteiger partial charge in [-0.05, 0) is 85.3 Å². The molecule has 0 radical (unpaired) electrons. The van der Waals surface area contributed by atoms with Gasteiger partial charge < -0.3 is 72.1 Å². The first-order chi connectivity index (χ1) is 43.3. The average molecular weight is 1300 g/mol. The van der Waals surface area contributed by atoms with Crippen molar-refractivity contribution in [2.45, 2.75) is 57.5 Å². The predicted molar refractivity (Wildman–Crippen MR) is 339 cm³/mol. The van der Waals surface area contributed by atoms with Gasteiger partial charge in [0.05, 0.1) is 31.5 Å². The van der Waals surface area contributed by atoms with E-state index in [4.69, 9.17) is 15.2 Å². The summed E-state index contributed by atoms with van der Waals surface area (Å²) in [6.45, 7) is 6.85. The monoisotopic (exact) mass is 1300 g/mol. The van der Waals surface area contributed by atoms with Gasteiger partial charge in [0.2, 0.25) is 29.5 Å². The molecule has 4 aromatic carbocycles. The zero-order valence-electron chi connectivity index (χ0n) is 50.2. The van der Waals surface area contributed by atoms with E-state index in [-0.39, 0.29) is 113 Å². The molecule has 478 valence electrons. The summed E-state index contributed by atoms with van der Waals surface area (Å²) in [7, 11) is 2.01. The Kier molecular flexibility index (Phi) is 23.6. The number of nitrogens with one attached hydrogen (secondary N) is 9. The quantitative estimate of drug-likeness (QED) is 0.0187. The number of halogens is 1. The Labute approximate surface area is 527 Å². The Morgan fingerprint density at radius 3 is 2.11 bits per heavy atom. The Bertz CT molecular complexity index is 3510. The zero-order valence-corrected chi connectivity index (χ0v) is 51.8. The normalized spacial score (nSPS) is 15.3. The van der Waals surface area contributed by atoms with Crippen LogP contribution in [0.1, 0.15) is 71.9 Å². The highest BCUT2D eigenvalue weighted by Crippen LogP contribution is 2.46. The standard InChI is InChI=1S/C62H75BrN14O13/c1-37(2)56(69-35-52(80)66-22-21-65-51(79)19-29-89-30-23-67-50(78)18-24-76-53(81)16-17-54(76)82)59(85)73-46(9-6-20-68-61(64)87)58(84)70-41-12-10-38(11-13-41)57(83)71-42-14-15-45-39(31-42)32-47(72-45)60(86)77-36-40(34-63)55-44-8-5-4-7-43(44)49(33-48(55)77)90-62(88)75-27-25-74(3)26-28-75/h4-5,7-8,10-17,31-33,37,40,46,56,69,72H,6,9,18-30,34-36H2,1-3H3,(H,65,79)(H,66,80)(H,67,78)(H,70,84)(H,71,83)(H,73,85)(H3,64,68,87)/t40-,46+,56+/m1/s1. The molecule has 27 nitrogen and oxygen atoms in total. The van der Waals surface area contributed by atoms with Crippen LogP contribution in [0.2, 0.25) is 0 Å². The van der Waals surface area contributed by atoms with E-state index in [1.54, 1.807) is 54.0 Å². The second-order valence-electron chi connectivity index (χ2n) is 22.2. The second-order valence-corrected chi connectivity index (χ2v) is 22.9. The van der Waals surface area contributed by atoms with Crippen molar-refractivity contribution in [3.8, 4) is 5.75 Å². The number of urea groups is 1. The van der Waals surface area contributed by atoms with Crippen molar-refractivity contribution in [3.05, 3.63) is 108 Å². The first-order valence-electron chi connectivity index (χ1n) is 29.7. The number of anilines is 3. The van der Waals surface area contributed by atoms with E-state index in [2.05, 4.69) is 68.3 Å². The number of ether oxygens (including phenoxy) is 2. The van der Waals surface area contributed by atoms with Crippen molar-refractivity contribution >= 4 is 120 Å². The molecule has 90 heavy (non-hydrogen) atoms. The number of hydrogen-bond acceptors (Lipinski definition) is 15. The summed E-state index contributed by atoms with van der Waals surface area (Å²) in [5.74, 6) is -3.99. The van der Waals surface area contributed by atoms with Gasteiger partial charge >= 0.3 is 12.1 Å². The predicted octanol–water partition coefficient (Wildman–Crippen LogP) is 3.01. The van der Waals surface area contributed by atoms with E-state index in [0.29, 0.717) is 64.4 Å². The Morgan fingerprint density at radius 2 is 1.41 bits per heavy atom. The summed E-state index contributed by atoms with van der Waals surface area (Å²) in [6.07, 6.45) is 2.16. The molecule has 4 heterocycles. The SMILES string of the molecule is CC(C)[C@H](NCC(=O)NCCNC(=O)CCOCCNC(=O)CCN1C(=O)C=CC1=O)C(=O)N[C@@H](CCCNC(N)=O)C(=O)Nc1ccc(C(=O)Nc2ccc3[nH]c(C(=O)N4C[C@@H](CBr)c5c4cc(OC(=O)N4CCN(C)CC4)c4ccccc54)cc3c2)cc1. The number of carbonyl (C=O) groups is 11. The Hall–Kier alpha value is -9.25. The van der Waals surface area contributed by atoms with Crippen LogP contribution in [0.3, 0.4) is 0 Å². The molecule has 3 aliphatic rings. The maximum absolute atomic E-state index is 14.5. The minimum Gasteiger partial charge on any atom is -0.409 e. The third kappa shape index (κ3) is 18.0. The topological polar surface area (TPSA) is 357 Å². The molecule has 3 atom stereocenters. The number of carbonyl (C=O) groups excluding carboxylic acids is 11. The van der Waals surface area contributed by atoms with Gasteiger partial charge in [0, 0.05) is 141 Å². The fraction of sp³-hybridized carbons (Fsp3) is 0.403. The summed E-state index contributed by atoms with van der Waals surface area (Å²) < 4.78 is 11.5. The number of alkyl halides is 1. The zero-order chi connectivity index (χ0) is 64.4. The number of aromatic nitrogens is 1. The lowest BCUT2D eigenvalue weighted by Gasteiger charge is -2.31. The number of nitrogens with two attached hydrogens (primary N) is 1. The number of primary amides is 1. The first-order valence-corrected chi connectivity index (χ1v) is 30.8. The van der Waals surface area contributed by atoms with Gasteiger partial charge in [-0.3, -0.25) is 53.4 Å². The van der Waals surface area contributed by atoms with Crippen molar-refractivity contribution in [1.82, 2.24) is 51.6 Å². The molecule has 12 amide bonds. The largest absolute Gasteiger partial charge is 0.415 e. The summed E-state index contributed by atoms with van der Waals surface area (Å²) >= 11 is 3.68. The average Bonchev–Trinajstić information content (AvgIpc) is 1.60. The van der Waals surface area contributed by atoms with Crippen molar-refractivity contribution in [2.75, 3.05) is 113 Å². The number of hydrogen-bond donors (Lipinski definition) is 10. The van der Waals surface area contributed by atoms with Crippen LogP contribution in [0.15, 0.2) is 91.0 Å². The van der Waals surface area contributed by atoms with Crippen LogP contribution >= 0.6 is 15.9 Å². The molecule has 11 N–H and O–H groups in total. The van der Waals surface area contributed by atoms with Crippen LogP contribution in [0, 0.1) is 5.92 Å². The number of H-pyrrole nitrogens is 1. The molecule has 0 aliphatic carbocycles. The number of fused-ring (bicyclic) bond motifs is 4. The number of likely N-dealkylation sites (N-methyl/N-ethyl adjacent to an activating group) is 1.